The number of hydrogen-bond donors (Lipinski definition) is 2. The van der Waals surface area contributed by atoms with Crippen molar-refractivity contribution in [1.29, 1.82) is 0 Å². The maximum Gasteiger partial charge on any atom is 0.275 e. The topological polar surface area (TPSA) is 70.9 Å². The Labute approximate surface area is 145 Å². The van der Waals surface area contributed by atoms with Crippen molar-refractivity contribution in [2.45, 2.75) is 6.92 Å². The van der Waals surface area contributed by atoms with Crippen LogP contribution in [0, 0.1) is 6.92 Å². The Kier molecular flexibility index (Phi) is 4.66. The maximum absolute atomic E-state index is 12.4. The monoisotopic (exact) mass is 334 g/mol. The van der Waals surface area contributed by atoms with E-state index in [0.717, 1.165) is 16.3 Å². The molecule has 5 nitrogen and oxygen atoms in total. The molecular weight excluding hydrogens is 316 g/mol. The second-order valence-corrected chi connectivity index (χ2v) is 5.66. The number of phenolic OH excluding ortho intramolecular Hbond substituents is 1. The Morgan fingerprint density at radius 2 is 1.84 bits per heavy atom. The number of phenols is 1. The van der Waals surface area contributed by atoms with Gasteiger partial charge in [-0.1, -0.05) is 35.9 Å². The summed E-state index contributed by atoms with van der Waals surface area (Å²) in [6.45, 7) is 1.91. The summed E-state index contributed by atoms with van der Waals surface area (Å²) in [6, 6.07) is 16.5. The number of rotatable bonds is 4. The van der Waals surface area contributed by atoms with Gasteiger partial charge in [-0.2, -0.15) is 5.10 Å². The highest BCUT2D eigenvalue weighted by Gasteiger charge is 2.13. The molecule has 3 rings (SSSR count). The van der Waals surface area contributed by atoms with Crippen molar-refractivity contribution in [1.82, 2.24) is 5.43 Å². The molecule has 25 heavy (non-hydrogen) atoms. The van der Waals surface area contributed by atoms with Gasteiger partial charge in [-0.3, -0.25) is 4.79 Å². The predicted molar refractivity (Wildman–Crippen MR) is 98.4 cm³/mol. The normalized spacial score (nSPS) is 11.0. The molecule has 3 aromatic carbocycles. The number of nitrogens with zero attached hydrogens (tertiary/aromatic N) is 1. The highest BCUT2D eigenvalue weighted by atomic mass is 16.5. The smallest absolute Gasteiger partial charge is 0.275 e. The Hall–Kier alpha value is -3.34. The van der Waals surface area contributed by atoms with Gasteiger partial charge < -0.3 is 9.84 Å². The lowest BCUT2D eigenvalue weighted by molar-refractivity contribution is 0.0952. The lowest BCUT2D eigenvalue weighted by Gasteiger charge is -2.09. The first-order valence-corrected chi connectivity index (χ1v) is 7.78. The molecule has 0 aromatic heterocycles. The third kappa shape index (κ3) is 3.61. The number of ether oxygens (including phenoxy) is 1. The van der Waals surface area contributed by atoms with Crippen LogP contribution in [-0.2, 0) is 0 Å². The second kappa shape index (κ2) is 7.05. The van der Waals surface area contributed by atoms with Crippen molar-refractivity contribution >= 4 is 22.9 Å². The minimum Gasteiger partial charge on any atom is -0.507 e. The number of aryl methyl sites for hydroxylation is 1. The van der Waals surface area contributed by atoms with Crippen LogP contribution in [0.5, 0.6) is 11.5 Å². The van der Waals surface area contributed by atoms with Crippen LogP contribution in [0.15, 0.2) is 59.7 Å². The fourth-order valence-corrected chi connectivity index (χ4v) is 2.56. The van der Waals surface area contributed by atoms with Gasteiger partial charge in [-0.25, -0.2) is 5.43 Å². The fourth-order valence-electron chi connectivity index (χ4n) is 2.56. The van der Waals surface area contributed by atoms with Gasteiger partial charge in [0.15, 0.2) is 0 Å². The molecule has 0 atom stereocenters. The number of nitrogens with one attached hydrogen (secondary N) is 1. The summed E-state index contributed by atoms with van der Waals surface area (Å²) in [5.41, 5.74) is 4.39. The molecule has 0 radical (unpaired) electrons. The molecule has 0 aliphatic rings. The standard InChI is InChI=1S/C20H18N2O3/c1-13-7-8-18(23)16(9-13)12-21-22-20(24)17-10-14-5-3-4-6-15(14)11-19(17)25-2/h3-12,23H,1-2H3,(H,22,24)/b21-12-. The van der Waals surface area contributed by atoms with E-state index in [1.165, 1.54) is 13.3 Å². The van der Waals surface area contributed by atoms with Gasteiger partial charge in [0.2, 0.25) is 0 Å². The summed E-state index contributed by atoms with van der Waals surface area (Å²) in [5, 5.41) is 15.7. The van der Waals surface area contributed by atoms with Crippen LogP contribution in [0.25, 0.3) is 10.8 Å². The predicted octanol–water partition coefficient (Wildman–Crippen LogP) is 3.63. The first-order chi connectivity index (χ1) is 12.1. The largest absolute Gasteiger partial charge is 0.507 e. The molecule has 0 aliphatic carbocycles. The zero-order chi connectivity index (χ0) is 17.8. The fraction of sp³-hybridized carbons (Fsp3) is 0.100. The zero-order valence-corrected chi connectivity index (χ0v) is 14.0. The Morgan fingerprint density at radius 1 is 1.12 bits per heavy atom. The van der Waals surface area contributed by atoms with E-state index in [-0.39, 0.29) is 11.7 Å². The number of carbonyl (C=O) groups excluding carboxylic acids is 1. The van der Waals surface area contributed by atoms with Gasteiger partial charge >= 0.3 is 0 Å². The molecule has 0 spiro atoms. The summed E-state index contributed by atoms with van der Waals surface area (Å²) < 4.78 is 5.32. The lowest BCUT2D eigenvalue weighted by Crippen LogP contribution is -2.18. The van der Waals surface area contributed by atoms with Gasteiger partial charge in [0, 0.05) is 5.56 Å². The van der Waals surface area contributed by atoms with E-state index in [2.05, 4.69) is 10.5 Å². The van der Waals surface area contributed by atoms with Crippen molar-refractivity contribution in [3.63, 3.8) is 0 Å². The highest BCUT2D eigenvalue weighted by Crippen LogP contribution is 2.25. The molecule has 3 aromatic rings. The van der Waals surface area contributed by atoms with E-state index in [9.17, 15) is 9.90 Å². The minimum atomic E-state index is -0.383. The van der Waals surface area contributed by atoms with Gasteiger partial charge in [0.25, 0.3) is 5.91 Å². The Balaban J connectivity index is 1.84. The minimum absolute atomic E-state index is 0.104. The average Bonchev–Trinajstić information content (AvgIpc) is 2.63. The van der Waals surface area contributed by atoms with Gasteiger partial charge in [0.1, 0.15) is 11.5 Å². The average molecular weight is 334 g/mol. The molecule has 0 fully saturated rings. The molecule has 126 valence electrons. The molecule has 0 saturated carbocycles. The van der Waals surface area contributed by atoms with Crippen LogP contribution in [-0.4, -0.2) is 24.3 Å². The molecule has 0 aliphatic heterocycles. The molecule has 0 heterocycles. The number of methoxy groups -OCH3 is 1. The van der Waals surface area contributed by atoms with E-state index in [1.54, 1.807) is 24.3 Å². The Morgan fingerprint density at radius 3 is 2.56 bits per heavy atom. The number of amides is 1. The summed E-state index contributed by atoms with van der Waals surface area (Å²) in [7, 11) is 1.52. The summed E-state index contributed by atoms with van der Waals surface area (Å²) in [6.07, 6.45) is 1.41. The second-order valence-electron chi connectivity index (χ2n) is 5.66. The van der Waals surface area contributed by atoms with Gasteiger partial charge in [0.05, 0.1) is 18.9 Å². The van der Waals surface area contributed by atoms with Gasteiger partial charge in [-0.15, -0.1) is 0 Å². The number of aromatic hydroxyl groups is 1. The third-order valence-electron chi connectivity index (χ3n) is 3.87. The number of carbonyl (C=O) groups is 1. The molecule has 0 bridgehead atoms. The van der Waals surface area contributed by atoms with Crippen molar-refractivity contribution in [3.8, 4) is 11.5 Å². The zero-order valence-electron chi connectivity index (χ0n) is 14.0. The molecular formula is C20H18N2O3. The summed E-state index contributed by atoms with van der Waals surface area (Å²) in [5.74, 6) is 0.197. The first kappa shape index (κ1) is 16.5. The van der Waals surface area contributed by atoms with Gasteiger partial charge in [-0.05, 0) is 42.0 Å². The van der Waals surface area contributed by atoms with Crippen LogP contribution in [0.4, 0.5) is 0 Å². The molecule has 1 amide bonds. The van der Waals surface area contributed by atoms with Crippen molar-refractivity contribution in [2.75, 3.05) is 7.11 Å². The van der Waals surface area contributed by atoms with Crippen LogP contribution in [0.3, 0.4) is 0 Å². The quantitative estimate of drug-likeness (QED) is 0.565. The van der Waals surface area contributed by atoms with Crippen LogP contribution >= 0.6 is 0 Å². The van der Waals surface area contributed by atoms with E-state index < -0.39 is 0 Å². The number of fused-ring (bicyclic) bond motifs is 1. The first-order valence-electron chi connectivity index (χ1n) is 7.78. The van der Waals surface area contributed by atoms with E-state index >= 15 is 0 Å². The number of hydrogen-bond acceptors (Lipinski definition) is 4. The Bertz CT molecular complexity index is 964. The van der Waals surface area contributed by atoms with Crippen LogP contribution in [0.1, 0.15) is 21.5 Å². The van der Waals surface area contributed by atoms with Crippen molar-refractivity contribution in [3.05, 3.63) is 71.3 Å². The maximum atomic E-state index is 12.4. The van der Waals surface area contributed by atoms with Crippen LogP contribution < -0.4 is 10.2 Å². The highest BCUT2D eigenvalue weighted by molar-refractivity contribution is 6.02. The van der Waals surface area contributed by atoms with Crippen molar-refractivity contribution < 1.29 is 14.6 Å². The van der Waals surface area contributed by atoms with E-state index in [0.29, 0.717) is 16.9 Å². The molecule has 0 saturated heterocycles. The van der Waals surface area contributed by atoms with Crippen molar-refractivity contribution in [2.24, 2.45) is 5.10 Å². The number of hydrazone groups is 1. The van der Waals surface area contributed by atoms with E-state index in [1.807, 2.05) is 37.3 Å². The molecule has 0 unspecified atom stereocenters. The van der Waals surface area contributed by atoms with Crippen LogP contribution in [0.2, 0.25) is 0 Å². The third-order valence-corrected chi connectivity index (χ3v) is 3.87. The lowest BCUT2D eigenvalue weighted by atomic mass is 10.1. The SMILES string of the molecule is COc1cc2ccccc2cc1C(=O)N/N=C\c1cc(C)ccc1O. The molecule has 5 heteroatoms. The summed E-state index contributed by atoms with van der Waals surface area (Å²) in [4.78, 5) is 12.4. The van der Waals surface area contributed by atoms with E-state index in [4.69, 9.17) is 4.74 Å². The summed E-state index contributed by atoms with van der Waals surface area (Å²) >= 11 is 0. The number of benzene rings is 3. The molecule has 2 N–H and O–H groups in total.